The van der Waals surface area contributed by atoms with Crippen LogP contribution in [0, 0.1) is 0 Å². The standard InChI is InChI=1S/C22H24N2O5/c1-22(20(26)23-18-12-7-6-11-17(18)19(25)28-2)13-8-14-24(22)21(27)29-15-16-9-4-3-5-10-16/h3-7,9-12H,8,13-15H2,1-2H3,(H,23,26). The fourth-order valence-electron chi connectivity index (χ4n) is 3.43. The van der Waals surface area contributed by atoms with Crippen LogP contribution in [0.3, 0.4) is 0 Å². The van der Waals surface area contributed by atoms with Crippen LogP contribution in [0.15, 0.2) is 54.6 Å². The van der Waals surface area contributed by atoms with Gasteiger partial charge in [0.2, 0.25) is 5.91 Å². The number of carbonyl (C=O) groups is 3. The lowest BCUT2D eigenvalue weighted by molar-refractivity contribution is -0.125. The number of rotatable bonds is 5. The van der Waals surface area contributed by atoms with E-state index in [1.165, 1.54) is 12.0 Å². The highest BCUT2D eigenvalue weighted by Crippen LogP contribution is 2.31. The molecule has 1 N–H and O–H groups in total. The number of likely N-dealkylation sites (tertiary alicyclic amines) is 1. The average molecular weight is 396 g/mol. The second-order valence-corrected chi connectivity index (χ2v) is 7.06. The first-order valence-corrected chi connectivity index (χ1v) is 9.43. The number of hydrogen-bond donors (Lipinski definition) is 1. The molecule has 0 aromatic heterocycles. The van der Waals surface area contributed by atoms with Crippen molar-refractivity contribution < 1.29 is 23.9 Å². The van der Waals surface area contributed by atoms with Crippen LogP contribution >= 0.6 is 0 Å². The predicted octanol–water partition coefficient (Wildman–Crippen LogP) is 3.60. The summed E-state index contributed by atoms with van der Waals surface area (Å²) in [4.78, 5) is 39.1. The van der Waals surface area contributed by atoms with E-state index in [-0.39, 0.29) is 18.1 Å². The first kappa shape index (κ1) is 20.4. The number of para-hydroxylation sites is 1. The van der Waals surface area contributed by atoms with Crippen LogP contribution in [-0.4, -0.2) is 42.1 Å². The number of nitrogens with one attached hydrogen (secondary N) is 1. The van der Waals surface area contributed by atoms with Crippen molar-refractivity contribution in [3.8, 4) is 0 Å². The number of anilines is 1. The van der Waals surface area contributed by atoms with Crippen LogP contribution in [0.4, 0.5) is 10.5 Å². The van der Waals surface area contributed by atoms with Crippen molar-refractivity contribution in [2.75, 3.05) is 19.0 Å². The summed E-state index contributed by atoms with van der Waals surface area (Å²) < 4.78 is 10.2. The van der Waals surface area contributed by atoms with E-state index in [4.69, 9.17) is 9.47 Å². The molecule has 1 heterocycles. The Labute approximate surface area is 169 Å². The first-order chi connectivity index (χ1) is 14.0. The molecule has 7 nitrogen and oxygen atoms in total. The number of esters is 1. The van der Waals surface area contributed by atoms with Gasteiger partial charge in [0.15, 0.2) is 0 Å². The lowest BCUT2D eigenvalue weighted by atomic mass is 9.97. The molecule has 0 saturated carbocycles. The van der Waals surface area contributed by atoms with Crippen LogP contribution in [0.5, 0.6) is 0 Å². The van der Waals surface area contributed by atoms with Gasteiger partial charge in [0.25, 0.3) is 0 Å². The summed E-state index contributed by atoms with van der Waals surface area (Å²) in [5, 5.41) is 2.78. The maximum Gasteiger partial charge on any atom is 0.410 e. The predicted molar refractivity (Wildman–Crippen MR) is 107 cm³/mol. The maximum atomic E-state index is 13.1. The van der Waals surface area contributed by atoms with Crippen molar-refractivity contribution in [1.82, 2.24) is 4.90 Å². The van der Waals surface area contributed by atoms with Crippen molar-refractivity contribution in [3.05, 3.63) is 65.7 Å². The largest absolute Gasteiger partial charge is 0.465 e. The summed E-state index contributed by atoms with van der Waals surface area (Å²) in [6, 6.07) is 16.0. The Morgan fingerprint density at radius 2 is 1.76 bits per heavy atom. The van der Waals surface area contributed by atoms with E-state index in [1.807, 2.05) is 30.3 Å². The number of benzene rings is 2. The third kappa shape index (κ3) is 4.39. The van der Waals surface area contributed by atoms with E-state index in [0.717, 1.165) is 5.56 Å². The number of methoxy groups -OCH3 is 1. The summed E-state index contributed by atoms with van der Waals surface area (Å²) in [6.45, 7) is 2.27. The van der Waals surface area contributed by atoms with E-state index in [9.17, 15) is 14.4 Å². The van der Waals surface area contributed by atoms with Crippen molar-refractivity contribution >= 4 is 23.7 Å². The van der Waals surface area contributed by atoms with Gasteiger partial charge in [0.1, 0.15) is 12.1 Å². The van der Waals surface area contributed by atoms with Crippen molar-refractivity contribution in [1.29, 1.82) is 0 Å². The molecule has 1 aliphatic rings. The molecule has 1 atom stereocenters. The van der Waals surface area contributed by atoms with Crippen molar-refractivity contribution in [3.63, 3.8) is 0 Å². The smallest absolute Gasteiger partial charge is 0.410 e. The molecular weight excluding hydrogens is 372 g/mol. The SMILES string of the molecule is COC(=O)c1ccccc1NC(=O)C1(C)CCCN1C(=O)OCc1ccccc1. The molecule has 2 aromatic rings. The highest BCUT2D eigenvalue weighted by atomic mass is 16.6. The molecule has 7 heteroatoms. The van der Waals surface area contributed by atoms with Crippen LogP contribution in [-0.2, 0) is 20.9 Å². The topological polar surface area (TPSA) is 84.9 Å². The second kappa shape index (κ2) is 8.77. The third-order valence-corrected chi connectivity index (χ3v) is 5.14. The van der Waals surface area contributed by atoms with Gasteiger partial charge in [0, 0.05) is 6.54 Å². The Bertz CT molecular complexity index is 899. The first-order valence-electron chi connectivity index (χ1n) is 9.43. The fourth-order valence-corrected chi connectivity index (χ4v) is 3.43. The molecular formula is C22H24N2O5. The van der Waals surface area contributed by atoms with Crippen LogP contribution in [0.25, 0.3) is 0 Å². The van der Waals surface area contributed by atoms with Gasteiger partial charge in [-0.1, -0.05) is 42.5 Å². The zero-order valence-electron chi connectivity index (χ0n) is 16.5. The average Bonchev–Trinajstić information content (AvgIpc) is 3.15. The molecule has 29 heavy (non-hydrogen) atoms. The summed E-state index contributed by atoms with van der Waals surface area (Å²) in [5.74, 6) is -0.917. The summed E-state index contributed by atoms with van der Waals surface area (Å²) in [6.07, 6.45) is 0.646. The third-order valence-electron chi connectivity index (χ3n) is 5.14. The van der Waals surface area contributed by atoms with Gasteiger partial charge in [-0.25, -0.2) is 9.59 Å². The summed E-state index contributed by atoms with van der Waals surface area (Å²) >= 11 is 0. The molecule has 2 aromatic carbocycles. The van der Waals surface area contributed by atoms with Crippen LogP contribution in [0.2, 0.25) is 0 Å². The minimum atomic E-state index is -1.07. The fraction of sp³-hybridized carbons (Fsp3) is 0.318. The van der Waals surface area contributed by atoms with E-state index in [2.05, 4.69) is 5.32 Å². The molecule has 0 bridgehead atoms. The lowest BCUT2D eigenvalue weighted by Crippen LogP contribution is -2.53. The molecule has 2 amide bonds. The Morgan fingerprint density at radius 1 is 1.07 bits per heavy atom. The Hall–Kier alpha value is -3.35. The second-order valence-electron chi connectivity index (χ2n) is 7.06. The number of ether oxygens (including phenoxy) is 2. The van der Waals surface area contributed by atoms with Crippen molar-refractivity contribution in [2.45, 2.75) is 31.9 Å². The van der Waals surface area contributed by atoms with Crippen LogP contribution < -0.4 is 5.32 Å². The Balaban J connectivity index is 1.72. The van der Waals surface area contributed by atoms with Gasteiger partial charge in [0.05, 0.1) is 18.4 Å². The normalized spacial score (nSPS) is 18.2. The van der Waals surface area contributed by atoms with Crippen molar-refractivity contribution in [2.24, 2.45) is 0 Å². The van der Waals surface area contributed by atoms with Gasteiger partial charge in [-0.15, -0.1) is 0 Å². The molecule has 1 aliphatic heterocycles. The van der Waals surface area contributed by atoms with Gasteiger partial charge in [-0.2, -0.15) is 0 Å². The summed E-state index contributed by atoms with van der Waals surface area (Å²) in [7, 11) is 1.28. The number of nitrogens with zero attached hydrogens (tertiary/aromatic N) is 1. The molecule has 0 radical (unpaired) electrons. The lowest BCUT2D eigenvalue weighted by Gasteiger charge is -2.33. The monoisotopic (exact) mass is 396 g/mol. The maximum absolute atomic E-state index is 13.1. The van der Waals surface area contributed by atoms with E-state index in [1.54, 1.807) is 31.2 Å². The zero-order chi connectivity index (χ0) is 20.9. The molecule has 0 spiro atoms. The molecule has 152 valence electrons. The van der Waals surface area contributed by atoms with E-state index >= 15 is 0 Å². The molecule has 0 aliphatic carbocycles. The number of hydrogen-bond acceptors (Lipinski definition) is 5. The highest BCUT2D eigenvalue weighted by molar-refractivity contribution is 6.05. The van der Waals surface area contributed by atoms with Gasteiger partial charge < -0.3 is 14.8 Å². The molecule has 1 fully saturated rings. The minimum Gasteiger partial charge on any atom is -0.465 e. The molecule has 1 unspecified atom stereocenters. The van der Waals surface area contributed by atoms with Gasteiger partial charge in [-0.05, 0) is 37.5 Å². The van der Waals surface area contributed by atoms with Gasteiger partial charge >= 0.3 is 12.1 Å². The summed E-state index contributed by atoms with van der Waals surface area (Å²) in [5.41, 5.74) is 0.397. The zero-order valence-corrected chi connectivity index (χ0v) is 16.5. The molecule has 1 saturated heterocycles. The highest BCUT2D eigenvalue weighted by Gasteiger charge is 2.46. The van der Waals surface area contributed by atoms with E-state index in [0.29, 0.717) is 25.1 Å². The Kier molecular flexibility index (Phi) is 6.16. The minimum absolute atomic E-state index is 0.138. The molecule has 3 rings (SSSR count). The van der Waals surface area contributed by atoms with Crippen LogP contribution in [0.1, 0.15) is 35.7 Å². The quantitative estimate of drug-likeness (QED) is 0.781. The number of amides is 2. The van der Waals surface area contributed by atoms with E-state index < -0.39 is 17.6 Å². The Morgan fingerprint density at radius 3 is 2.48 bits per heavy atom. The van der Waals surface area contributed by atoms with Gasteiger partial charge in [-0.3, -0.25) is 9.69 Å². The number of carbonyl (C=O) groups excluding carboxylic acids is 3.